The van der Waals surface area contributed by atoms with E-state index in [1.165, 1.54) is 0 Å². The van der Waals surface area contributed by atoms with Gasteiger partial charge in [-0.2, -0.15) is 0 Å². The summed E-state index contributed by atoms with van der Waals surface area (Å²) < 4.78 is 10.9. The minimum atomic E-state index is -0.324. The van der Waals surface area contributed by atoms with E-state index in [2.05, 4.69) is 9.80 Å². The van der Waals surface area contributed by atoms with E-state index in [1.807, 2.05) is 36.4 Å². The van der Waals surface area contributed by atoms with E-state index in [0.717, 1.165) is 26.2 Å². The van der Waals surface area contributed by atoms with Gasteiger partial charge in [0.2, 0.25) is 0 Å². The van der Waals surface area contributed by atoms with E-state index in [9.17, 15) is 19.2 Å². The molecule has 8 heteroatoms. The van der Waals surface area contributed by atoms with Crippen LogP contribution in [0.2, 0.25) is 0 Å². The highest BCUT2D eigenvalue weighted by molar-refractivity contribution is 6.09. The summed E-state index contributed by atoms with van der Waals surface area (Å²) in [5.41, 5.74) is 2.29. The Morgan fingerprint density at radius 1 is 0.455 bits per heavy atom. The van der Waals surface area contributed by atoms with Crippen LogP contribution in [0.25, 0.3) is 0 Å². The summed E-state index contributed by atoms with van der Waals surface area (Å²) >= 11 is 0. The normalized spacial score (nSPS) is 13.6. The number of benzene rings is 4. The third-order valence-corrected chi connectivity index (χ3v) is 7.50. The van der Waals surface area contributed by atoms with Crippen molar-refractivity contribution >= 4 is 23.5 Å². The highest BCUT2D eigenvalue weighted by atomic mass is 16.5. The maximum absolute atomic E-state index is 12.5. The molecular weight excluding hydrogens is 556 g/mol. The van der Waals surface area contributed by atoms with Crippen LogP contribution in [-0.4, -0.2) is 72.6 Å². The Hall–Kier alpha value is -4.92. The van der Waals surface area contributed by atoms with E-state index >= 15 is 0 Å². The first kappa shape index (κ1) is 30.5. The lowest BCUT2D eigenvalue weighted by Crippen LogP contribution is -2.47. The summed E-state index contributed by atoms with van der Waals surface area (Å²) in [6, 6.07) is 31.3. The number of carbonyl (C=O) groups excluding carboxylic acids is 4. The van der Waals surface area contributed by atoms with Crippen molar-refractivity contribution in [1.29, 1.82) is 0 Å². The first-order valence-electron chi connectivity index (χ1n) is 14.7. The second-order valence-electron chi connectivity index (χ2n) is 10.6. The van der Waals surface area contributed by atoms with Gasteiger partial charge in [0.1, 0.15) is 11.5 Å². The minimum Gasteiger partial charge on any atom is -0.426 e. The first-order valence-corrected chi connectivity index (χ1v) is 14.7. The lowest BCUT2D eigenvalue weighted by atomic mass is 10.0. The molecule has 1 aliphatic rings. The average Bonchev–Trinajstić information content (AvgIpc) is 3.08. The van der Waals surface area contributed by atoms with Gasteiger partial charge in [-0.1, -0.05) is 60.7 Å². The topological polar surface area (TPSA) is 93.2 Å². The number of nitrogens with zero attached hydrogens (tertiary/aromatic N) is 2. The summed E-state index contributed by atoms with van der Waals surface area (Å²) in [6.07, 6.45) is 0.513. The predicted octanol–water partition coefficient (Wildman–Crippen LogP) is 5.06. The number of hydrogen-bond donors (Lipinski definition) is 0. The Kier molecular flexibility index (Phi) is 10.4. The molecular formula is C36H34N2O6. The maximum Gasteiger partial charge on any atom is 0.312 e. The third kappa shape index (κ3) is 8.56. The van der Waals surface area contributed by atoms with Gasteiger partial charge in [-0.15, -0.1) is 0 Å². The van der Waals surface area contributed by atoms with Crippen LogP contribution < -0.4 is 9.47 Å². The highest BCUT2D eigenvalue weighted by Crippen LogP contribution is 2.18. The Bertz CT molecular complexity index is 1440. The van der Waals surface area contributed by atoms with E-state index in [1.54, 1.807) is 72.8 Å². The second kappa shape index (κ2) is 15.0. The van der Waals surface area contributed by atoms with Crippen molar-refractivity contribution in [3.63, 3.8) is 0 Å². The van der Waals surface area contributed by atoms with Crippen molar-refractivity contribution in [3.8, 4) is 11.5 Å². The molecule has 1 saturated heterocycles. The molecule has 0 unspecified atom stereocenters. The first-order chi connectivity index (χ1) is 21.4. The van der Waals surface area contributed by atoms with Crippen molar-refractivity contribution in [2.75, 3.05) is 39.3 Å². The van der Waals surface area contributed by atoms with E-state index in [0.29, 0.717) is 46.8 Å². The number of esters is 2. The highest BCUT2D eigenvalue weighted by Gasteiger charge is 2.19. The van der Waals surface area contributed by atoms with Gasteiger partial charge in [0.25, 0.3) is 0 Å². The fraction of sp³-hybridized carbons (Fsp3) is 0.222. The molecule has 0 N–H and O–H groups in total. The Morgan fingerprint density at radius 3 is 1.11 bits per heavy atom. The third-order valence-electron chi connectivity index (χ3n) is 7.50. The molecule has 0 aromatic heterocycles. The van der Waals surface area contributed by atoms with Crippen LogP contribution in [-0.2, 0) is 9.59 Å². The molecule has 4 aromatic rings. The standard InChI is InChI=1S/C36H34N2O6/c39-33(43-31-15-11-29(12-16-31)35(41)27-7-3-1-4-8-27)19-21-37-23-25-38(26-24-37)22-20-34(40)44-32-17-13-30(14-18-32)36(42)28-9-5-2-6-10-28/h1-18H,19-26H2. The average molecular weight is 591 g/mol. The Labute approximate surface area is 256 Å². The van der Waals surface area contributed by atoms with Crippen LogP contribution in [0.3, 0.4) is 0 Å². The fourth-order valence-electron chi connectivity index (χ4n) is 4.96. The van der Waals surface area contributed by atoms with Crippen molar-refractivity contribution in [3.05, 3.63) is 131 Å². The van der Waals surface area contributed by atoms with Crippen LogP contribution >= 0.6 is 0 Å². The van der Waals surface area contributed by atoms with Crippen molar-refractivity contribution in [2.45, 2.75) is 12.8 Å². The molecule has 0 amide bonds. The van der Waals surface area contributed by atoms with E-state index < -0.39 is 0 Å². The van der Waals surface area contributed by atoms with Crippen LogP contribution in [0, 0.1) is 0 Å². The molecule has 44 heavy (non-hydrogen) atoms. The van der Waals surface area contributed by atoms with Gasteiger partial charge in [-0.3, -0.25) is 19.2 Å². The zero-order valence-electron chi connectivity index (χ0n) is 24.4. The number of rotatable bonds is 12. The van der Waals surface area contributed by atoms with Gasteiger partial charge < -0.3 is 19.3 Å². The second-order valence-corrected chi connectivity index (χ2v) is 10.6. The number of piperazine rings is 1. The van der Waals surface area contributed by atoms with Crippen molar-refractivity contribution in [1.82, 2.24) is 9.80 Å². The lowest BCUT2D eigenvalue weighted by molar-refractivity contribution is -0.136. The molecule has 1 aliphatic heterocycles. The van der Waals surface area contributed by atoms with Crippen LogP contribution in [0.1, 0.15) is 44.7 Å². The van der Waals surface area contributed by atoms with Gasteiger partial charge in [0.05, 0.1) is 12.8 Å². The summed E-state index contributed by atoms with van der Waals surface area (Å²) in [5.74, 6) is 0.0100. The van der Waals surface area contributed by atoms with E-state index in [4.69, 9.17) is 9.47 Å². The molecule has 0 saturated carbocycles. The Morgan fingerprint density at radius 2 is 0.773 bits per heavy atom. The van der Waals surface area contributed by atoms with E-state index in [-0.39, 0.29) is 36.3 Å². The van der Waals surface area contributed by atoms with Gasteiger partial charge >= 0.3 is 11.9 Å². The maximum atomic E-state index is 12.5. The van der Waals surface area contributed by atoms with Gasteiger partial charge in [0, 0.05) is 61.5 Å². The molecule has 8 nitrogen and oxygen atoms in total. The fourth-order valence-corrected chi connectivity index (χ4v) is 4.96. The molecule has 0 spiro atoms. The number of ketones is 2. The molecule has 5 rings (SSSR count). The summed E-state index contributed by atoms with van der Waals surface area (Å²) in [7, 11) is 0. The van der Waals surface area contributed by atoms with Gasteiger partial charge in [-0.05, 0) is 48.5 Å². The number of carbonyl (C=O) groups is 4. The molecule has 1 fully saturated rings. The molecule has 0 atom stereocenters. The smallest absolute Gasteiger partial charge is 0.312 e. The summed E-state index contributed by atoms with van der Waals surface area (Å²) in [6.45, 7) is 4.32. The summed E-state index contributed by atoms with van der Waals surface area (Å²) in [4.78, 5) is 54.3. The van der Waals surface area contributed by atoms with Crippen molar-refractivity contribution in [2.24, 2.45) is 0 Å². The number of ether oxygens (including phenoxy) is 2. The van der Waals surface area contributed by atoms with Crippen molar-refractivity contribution < 1.29 is 28.7 Å². The zero-order chi connectivity index (χ0) is 30.7. The van der Waals surface area contributed by atoms with Crippen LogP contribution in [0.5, 0.6) is 11.5 Å². The lowest BCUT2D eigenvalue weighted by Gasteiger charge is -2.34. The monoisotopic (exact) mass is 590 g/mol. The quantitative estimate of drug-likeness (QED) is 0.129. The molecule has 0 radical (unpaired) electrons. The molecule has 224 valence electrons. The molecule has 1 heterocycles. The number of hydrogen-bond acceptors (Lipinski definition) is 8. The molecule has 0 bridgehead atoms. The van der Waals surface area contributed by atoms with Gasteiger partial charge in [0.15, 0.2) is 11.6 Å². The van der Waals surface area contributed by atoms with Gasteiger partial charge in [-0.25, -0.2) is 0 Å². The Balaban J connectivity index is 0.971. The predicted molar refractivity (Wildman–Crippen MR) is 166 cm³/mol. The molecule has 4 aromatic carbocycles. The SMILES string of the molecule is O=C(CCN1CCN(CCC(=O)Oc2ccc(C(=O)c3ccccc3)cc2)CC1)Oc1ccc(C(=O)c2ccccc2)cc1. The zero-order valence-corrected chi connectivity index (χ0v) is 24.4. The van der Waals surface area contributed by atoms with Crippen LogP contribution in [0.15, 0.2) is 109 Å². The molecule has 0 aliphatic carbocycles. The summed E-state index contributed by atoms with van der Waals surface area (Å²) in [5, 5.41) is 0. The largest absolute Gasteiger partial charge is 0.426 e. The minimum absolute atomic E-state index is 0.0808. The van der Waals surface area contributed by atoms with Crippen LogP contribution in [0.4, 0.5) is 0 Å².